The number of nitrogens with one attached hydrogen (secondary N) is 1. The van der Waals surface area contributed by atoms with Crippen molar-refractivity contribution in [3.05, 3.63) is 0 Å². The first-order valence-electron chi connectivity index (χ1n) is 10.2. The number of carbonyl (C=O) groups is 1. The minimum atomic E-state index is -0.446. The highest BCUT2D eigenvalue weighted by molar-refractivity contribution is 5.79. The lowest BCUT2D eigenvalue weighted by molar-refractivity contribution is 0.0214. The highest BCUT2D eigenvalue weighted by atomic mass is 16.6. The molecule has 0 atom stereocenters. The summed E-state index contributed by atoms with van der Waals surface area (Å²) in [5, 5.41) is 3.47. The van der Waals surface area contributed by atoms with Gasteiger partial charge in [0, 0.05) is 39.8 Å². The Hall–Kier alpha value is -1.50. The predicted octanol–water partition coefficient (Wildman–Crippen LogP) is 2.48. The summed E-state index contributed by atoms with van der Waals surface area (Å²) < 4.78 is 5.52. The van der Waals surface area contributed by atoms with Crippen LogP contribution >= 0.6 is 0 Å². The molecule has 0 spiro atoms. The van der Waals surface area contributed by atoms with E-state index in [9.17, 15) is 4.79 Å². The van der Waals surface area contributed by atoms with Gasteiger partial charge < -0.3 is 24.8 Å². The van der Waals surface area contributed by atoms with Gasteiger partial charge in [0.1, 0.15) is 5.60 Å². The lowest BCUT2D eigenvalue weighted by Crippen LogP contribution is -2.48. The van der Waals surface area contributed by atoms with Crippen LogP contribution in [0.5, 0.6) is 0 Å². The van der Waals surface area contributed by atoms with E-state index >= 15 is 0 Å². The van der Waals surface area contributed by atoms with Crippen LogP contribution in [0, 0.1) is 5.92 Å². The van der Waals surface area contributed by atoms with Crippen molar-refractivity contribution in [3.8, 4) is 0 Å². The molecular formula is C20H41N5O2. The van der Waals surface area contributed by atoms with Crippen molar-refractivity contribution in [1.29, 1.82) is 0 Å². The van der Waals surface area contributed by atoms with E-state index in [1.807, 2.05) is 39.6 Å². The third-order valence-corrected chi connectivity index (χ3v) is 4.70. The summed E-state index contributed by atoms with van der Waals surface area (Å²) in [4.78, 5) is 23.1. The number of aliphatic imine (C=N–C) groups is 1. The van der Waals surface area contributed by atoms with Gasteiger partial charge in [0.25, 0.3) is 0 Å². The minimum absolute atomic E-state index is 0.203. The lowest BCUT2D eigenvalue weighted by Gasteiger charge is -2.36. The third kappa shape index (κ3) is 9.31. The first kappa shape index (κ1) is 23.5. The molecule has 0 saturated carbocycles. The Bertz CT molecular complexity index is 465. The fourth-order valence-electron chi connectivity index (χ4n) is 3.23. The maximum Gasteiger partial charge on any atom is 0.410 e. The molecule has 1 fully saturated rings. The second kappa shape index (κ2) is 11.4. The molecule has 0 aliphatic carbocycles. The molecule has 0 aromatic carbocycles. The van der Waals surface area contributed by atoms with Gasteiger partial charge in [-0.25, -0.2) is 4.79 Å². The van der Waals surface area contributed by atoms with Crippen LogP contribution in [0.15, 0.2) is 4.99 Å². The largest absolute Gasteiger partial charge is 0.444 e. The van der Waals surface area contributed by atoms with Crippen molar-refractivity contribution >= 4 is 12.1 Å². The molecule has 1 aliphatic rings. The summed E-state index contributed by atoms with van der Waals surface area (Å²) in [5.74, 6) is 1.51. The van der Waals surface area contributed by atoms with E-state index in [0.717, 1.165) is 57.9 Å². The van der Waals surface area contributed by atoms with E-state index in [1.54, 1.807) is 0 Å². The zero-order chi connectivity index (χ0) is 20.4. The van der Waals surface area contributed by atoms with Gasteiger partial charge in [-0.15, -0.1) is 0 Å². The predicted molar refractivity (Wildman–Crippen MR) is 112 cm³/mol. The number of rotatable bonds is 7. The summed E-state index contributed by atoms with van der Waals surface area (Å²) in [6.07, 6.45) is 3.03. The molecule has 1 saturated heterocycles. The van der Waals surface area contributed by atoms with Crippen LogP contribution in [0.4, 0.5) is 4.79 Å². The quantitative estimate of drug-likeness (QED) is 0.416. The fraction of sp³-hybridized carbons (Fsp3) is 0.900. The average Bonchev–Trinajstić information content (AvgIpc) is 2.58. The van der Waals surface area contributed by atoms with E-state index < -0.39 is 5.60 Å². The van der Waals surface area contributed by atoms with Crippen molar-refractivity contribution in [3.63, 3.8) is 0 Å². The topological polar surface area (TPSA) is 60.4 Å². The second-order valence-electron chi connectivity index (χ2n) is 8.58. The maximum absolute atomic E-state index is 12.3. The average molecular weight is 384 g/mol. The second-order valence-corrected chi connectivity index (χ2v) is 8.58. The first-order valence-corrected chi connectivity index (χ1v) is 10.2. The van der Waals surface area contributed by atoms with Crippen LogP contribution in [-0.2, 0) is 4.74 Å². The summed E-state index contributed by atoms with van der Waals surface area (Å²) in [6, 6.07) is 0. The Morgan fingerprint density at radius 3 is 2.37 bits per heavy atom. The van der Waals surface area contributed by atoms with Crippen LogP contribution in [-0.4, -0.2) is 92.8 Å². The molecule has 0 bridgehead atoms. The molecule has 27 heavy (non-hydrogen) atoms. The Morgan fingerprint density at radius 2 is 1.89 bits per heavy atom. The summed E-state index contributed by atoms with van der Waals surface area (Å²) in [6.45, 7) is 13.2. The molecular weight excluding hydrogens is 342 g/mol. The fourth-order valence-corrected chi connectivity index (χ4v) is 3.23. The zero-order valence-electron chi connectivity index (χ0n) is 18.5. The van der Waals surface area contributed by atoms with Gasteiger partial charge in [-0.2, -0.15) is 0 Å². The molecule has 7 nitrogen and oxygen atoms in total. The number of amides is 1. The van der Waals surface area contributed by atoms with Gasteiger partial charge in [0.05, 0.1) is 0 Å². The van der Waals surface area contributed by atoms with Crippen LogP contribution in [0.3, 0.4) is 0 Å². The number of carbonyl (C=O) groups excluding carboxylic acids is 1. The smallest absolute Gasteiger partial charge is 0.410 e. The van der Waals surface area contributed by atoms with Gasteiger partial charge in [-0.05, 0) is 73.5 Å². The third-order valence-electron chi connectivity index (χ3n) is 4.70. The molecule has 0 unspecified atom stereocenters. The van der Waals surface area contributed by atoms with Crippen LogP contribution in [0.25, 0.3) is 0 Å². The van der Waals surface area contributed by atoms with Gasteiger partial charge in [0.2, 0.25) is 0 Å². The van der Waals surface area contributed by atoms with Gasteiger partial charge >= 0.3 is 6.09 Å². The number of hydrogen-bond donors (Lipinski definition) is 1. The zero-order valence-corrected chi connectivity index (χ0v) is 18.5. The van der Waals surface area contributed by atoms with Crippen molar-refractivity contribution in [2.45, 2.75) is 52.6 Å². The molecule has 1 aliphatic heterocycles. The summed E-state index contributed by atoms with van der Waals surface area (Å²) in [7, 11) is 6.04. The molecule has 7 heteroatoms. The molecule has 1 rings (SSSR count). The Kier molecular flexibility index (Phi) is 9.91. The Labute approximate surface area is 166 Å². The Balaban J connectivity index is 2.42. The Morgan fingerprint density at radius 1 is 1.26 bits per heavy atom. The monoisotopic (exact) mass is 383 g/mol. The van der Waals surface area contributed by atoms with Crippen LogP contribution < -0.4 is 5.32 Å². The van der Waals surface area contributed by atoms with Crippen molar-refractivity contribution < 1.29 is 9.53 Å². The van der Waals surface area contributed by atoms with Gasteiger partial charge in [-0.3, -0.25) is 4.99 Å². The van der Waals surface area contributed by atoms with E-state index in [-0.39, 0.29) is 6.09 Å². The van der Waals surface area contributed by atoms with E-state index in [2.05, 4.69) is 34.2 Å². The van der Waals surface area contributed by atoms with Crippen molar-refractivity contribution in [1.82, 2.24) is 20.0 Å². The normalized spacial score (nSPS) is 16.6. The SMILES string of the molecule is CCN(CC1CCN(C(=NC)NCCCN(C)C)CC1)C(=O)OC(C)(C)C. The molecule has 1 amide bonds. The van der Waals surface area contributed by atoms with Crippen molar-refractivity contribution in [2.24, 2.45) is 10.9 Å². The number of piperidine rings is 1. The standard InChI is InChI=1S/C20H41N5O2/c1-8-24(19(26)27-20(2,3)4)16-17-10-14-25(15-11-17)18(21-5)22-12-9-13-23(6)7/h17H,8-16H2,1-7H3,(H,21,22). The lowest BCUT2D eigenvalue weighted by atomic mass is 9.96. The summed E-state index contributed by atoms with van der Waals surface area (Å²) >= 11 is 0. The molecule has 0 aromatic heterocycles. The highest BCUT2D eigenvalue weighted by Crippen LogP contribution is 2.20. The van der Waals surface area contributed by atoms with E-state index in [0.29, 0.717) is 12.5 Å². The van der Waals surface area contributed by atoms with Crippen molar-refractivity contribution in [2.75, 3.05) is 60.4 Å². The highest BCUT2D eigenvalue weighted by Gasteiger charge is 2.27. The number of hydrogen-bond acceptors (Lipinski definition) is 4. The number of guanidine groups is 1. The molecule has 158 valence electrons. The molecule has 0 radical (unpaired) electrons. The number of nitrogens with zero attached hydrogens (tertiary/aromatic N) is 4. The minimum Gasteiger partial charge on any atom is -0.444 e. The van der Waals surface area contributed by atoms with E-state index in [4.69, 9.17) is 4.74 Å². The van der Waals surface area contributed by atoms with E-state index in [1.165, 1.54) is 0 Å². The molecule has 1 heterocycles. The number of likely N-dealkylation sites (tertiary alicyclic amines) is 1. The van der Waals surface area contributed by atoms with Gasteiger partial charge in [-0.1, -0.05) is 0 Å². The summed E-state index contributed by atoms with van der Waals surface area (Å²) in [5.41, 5.74) is -0.446. The maximum atomic E-state index is 12.3. The first-order chi connectivity index (χ1) is 12.7. The van der Waals surface area contributed by atoms with Crippen LogP contribution in [0.2, 0.25) is 0 Å². The molecule has 0 aromatic rings. The number of ether oxygens (including phenoxy) is 1. The van der Waals surface area contributed by atoms with Crippen LogP contribution in [0.1, 0.15) is 47.0 Å². The molecule has 1 N–H and O–H groups in total. The van der Waals surface area contributed by atoms with Gasteiger partial charge in [0.15, 0.2) is 5.96 Å².